The molecule has 2 aromatic rings. The second-order valence-corrected chi connectivity index (χ2v) is 4.38. The highest BCUT2D eigenvalue weighted by molar-refractivity contribution is 9.10. The van der Waals surface area contributed by atoms with Gasteiger partial charge in [0.2, 0.25) is 6.41 Å². The molecule has 76 valence electrons. The Bertz CT molecular complexity index is 515. The molecule has 0 fully saturated rings. The summed E-state index contributed by atoms with van der Waals surface area (Å²) in [5.74, 6) is 0. The highest BCUT2D eigenvalue weighted by Gasteiger charge is 2.04. The van der Waals surface area contributed by atoms with E-state index >= 15 is 0 Å². The van der Waals surface area contributed by atoms with Crippen LogP contribution in [0, 0.1) is 0 Å². The highest BCUT2D eigenvalue weighted by Crippen LogP contribution is 2.30. The van der Waals surface area contributed by atoms with Gasteiger partial charge in [-0.05, 0) is 22.9 Å². The Labute approximate surface area is 102 Å². The van der Waals surface area contributed by atoms with Crippen LogP contribution in [-0.2, 0) is 4.79 Å². The molecule has 0 atom stereocenters. The maximum atomic E-state index is 10.6. The van der Waals surface area contributed by atoms with Crippen molar-refractivity contribution < 1.29 is 4.79 Å². The summed E-state index contributed by atoms with van der Waals surface area (Å²) in [6, 6.07) is 11.7. The minimum atomic E-state index is 0.666. The van der Waals surface area contributed by atoms with Gasteiger partial charge in [-0.2, -0.15) is 0 Å². The quantitative estimate of drug-likeness (QED) is 0.661. The molecule has 0 heterocycles. The number of hydrogen-bond donors (Lipinski definition) is 1. The number of benzene rings is 2. The maximum Gasteiger partial charge on any atom is 0.224 e. The molecule has 2 rings (SSSR count). The molecule has 0 spiro atoms. The third kappa shape index (κ3) is 2.01. The fourth-order valence-electron chi connectivity index (χ4n) is 1.44. The number of nitrogens with zero attached hydrogens (tertiary/aromatic N) is 1. The molecule has 0 saturated heterocycles. The Kier molecular flexibility index (Phi) is 2.98. The minimum Gasteiger partial charge on any atom is -0.277 e. The lowest BCUT2D eigenvalue weighted by Crippen LogP contribution is -2.05. The number of halogens is 1. The van der Waals surface area contributed by atoms with Crippen LogP contribution in [0.1, 0.15) is 0 Å². The van der Waals surface area contributed by atoms with E-state index in [1.165, 1.54) is 4.31 Å². The standard InChI is InChI=1S/C11H8BrNOS/c12-11-6-9(13(15)7-14)5-8-3-1-2-4-10(8)11/h1-7,15H. The van der Waals surface area contributed by atoms with Crippen LogP contribution in [-0.4, -0.2) is 6.41 Å². The molecule has 0 aliphatic rings. The average Bonchev–Trinajstić information content (AvgIpc) is 2.28. The number of hydrogen-bond acceptors (Lipinski definition) is 2. The van der Waals surface area contributed by atoms with Crippen molar-refractivity contribution in [3.05, 3.63) is 40.9 Å². The lowest BCUT2D eigenvalue weighted by molar-refractivity contribution is -0.106. The van der Waals surface area contributed by atoms with E-state index in [-0.39, 0.29) is 0 Å². The summed E-state index contributed by atoms with van der Waals surface area (Å²) in [5, 5.41) is 2.19. The molecule has 15 heavy (non-hydrogen) atoms. The normalized spacial score (nSPS) is 10.3. The number of carbonyl (C=O) groups is 1. The van der Waals surface area contributed by atoms with E-state index in [4.69, 9.17) is 0 Å². The molecule has 2 nitrogen and oxygen atoms in total. The van der Waals surface area contributed by atoms with Crippen molar-refractivity contribution in [1.29, 1.82) is 0 Å². The van der Waals surface area contributed by atoms with Gasteiger partial charge in [-0.1, -0.05) is 53.0 Å². The molecule has 0 aliphatic heterocycles. The monoisotopic (exact) mass is 281 g/mol. The van der Waals surface area contributed by atoms with E-state index in [0.29, 0.717) is 6.41 Å². The third-order valence-corrected chi connectivity index (χ3v) is 3.14. The number of fused-ring (bicyclic) bond motifs is 1. The summed E-state index contributed by atoms with van der Waals surface area (Å²) >= 11 is 7.51. The van der Waals surface area contributed by atoms with Crippen LogP contribution in [0.4, 0.5) is 5.69 Å². The largest absolute Gasteiger partial charge is 0.277 e. The predicted octanol–water partition coefficient (Wildman–Crippen LogP) is 3.41. The van der Waals surface area contributed by atoms with Gasteiger partial charge < -0.3 is 0 Å². The summed E-state index contributed by atoms with van der Waals surface area (Å²) < 4.78 is 2.20. The number of anilines is 1. The fraction of sp³-hybridized carbons (Fsp3) is 0. The van der Waals surface area contributed by atoms with Crippen LogP contribution >= 0.6 is 28.7 Å². The Morgan fingerprint density at radius 1 is 1.27 bits per heavy atom. The summed E-state index contributed by atoms with van der Waals surface area (Å²) in [7, 11) is 0. The summed E-state index contributed by atoms with van der Waals surface area (Å²) in [6.07, 6.45) is 0.666. The van der Waals surface area contributed by atoms with Crippen molar-refractivity contribution in [2.45, 2.75) is 0 Å². The first-order valence-corrected chi connectivity index (χ1v) is 5.53. The zero-order chi connectivity index (χ0) is 10.8. The van der Waals surface area contributed by atoms with Crippen LogP contribution in [0.15, 0.2) is 40.9 Å². The maximum absolute atomic E-state index is 10.6. The van der Waals surface area contributed by atoms with Crippen LogP contribution < -0.4 is 4.31 Å². The van der Waals surface area contributed by atoms with Gasteiger partial charge in [0.1, 0.15) is 0 Å². The molecular formula is C11H8BrNOS. The lowest BCUT2D eigenvalue weighted by atomic mass is 10.1. The van der Waals surface area contributed by atoms with E-state index in [2.05, 4.69) is 28.7 Å². The van der Waals surface area contributed by atoms with Crippen molar-refractivity contribution in [3.8, 4) is 0 Å². The minimum absolute atomic E-state index is 0.666. The van der Waals surface area contributed by atoms with Gasteiger partial charge in [0.15, 0.2) is 0 Å². The molecule has 4 heteroatoms. The first-order chi connectivity index (χ1) is 7.22. The number of amides is 1. The highest BCUT2D eigenvalue weighted by atomic mass is 79.9. The van der Waals surface area contributed by atoms with Gasteiger partial charge in [0.25, 0.3) is 0 Å². The number of carbonyl (C=O) groups excluding carboxylic acids is 1. The van der Waals surface area contributed by atoms with E-state index in [0.717, 1.165) is 20.9 Å². The summed E-state index contributed by atoms with van der Waals surface area (Å²) in [6.45, 7) is 0. The van der Waals surface area contributed by atoms with Gasteiger partial charge in [0, 0.05) is 4.47 Å². The van der Waals surface area contributed by atoms with Crippen LogP contribution in [0.5, 0.6) is 0 Å². The van der Waals surface area contributed by atoms with Gasteiger partial charge in [0.05, 0.1) is 5.69 Å². The van der Waals surface area contributed by atoms with Gasteiger partial charge >= 0.3 is 0 Å². The Hall–Kier alpha value is -1.00. The lowest BCUT2D eigenvalue weighted by Gasteiger charge is -2.11. The first kappa shape index (κ1) is 10.5. The average molecular weight is 282 g/mol. The van der Waals surface area contributed by atoms with Crippen molar-refractivity contribution in [3.63, 3.8) is 0 Å². The number of rotatable bonds is 2. The second-order valence-electron chi connectivity index (χ2n) is 3.10. The molecule has 0 saturated carbocycles. The Balaban J connectivity index is 2.67. The molecule has 0 bridgehead atoms. The molecular weight excluding hydrogens is 274 g/mol. The molecule has 0 unspecified atom stereocenters. The van der Waals surface area contributed by atoms with E-state index in [9.17, 15) is 4.79 Å². The van der Waals surface area contributed by atoms with Gasteiger partial charge in [-0.3, -0.25) is 9.10 Å². The first-order valence-electron chi connectivity index (χ1n) is 4.34. The summed E-state index contributed by atoms with van der Waals surface area (Å²) in [4.78, 5) is 10.6. The fourth-order valence-corrected chi connectivity index (χ4v) is 2.15. The van der Waals surface area contributed by atoms with Crippen molar-refractivity contribution >= 4 is 51.6 Å². The second kappa shape index (κ2) is 4.24. The van der Waals surface area contributed by atoms with Crippen molar-refractivity contribution in [1.82, 2.24) is 0 Å². The Morgan fingerprint density at radius 3 is 2.73 bits per heavy atom. The van der Waals surface area contributed by atoms with Crippen molar-refractivity contribution in [2.75, 3.05) is 4.31 Å². The van der Waals surface area contributed by atoms with E-state index in [1.807, 2.05) is 36.4 Å². The van der Waals surface area contributed by atoms with Gasteiger partial charge in [-0.15, -0.1) is 0 Å². The van der Waals surface area contributed by atoms with E-state index < -0.39 is 0 Å². The zero-order valence-corrected chi connectivity index (χ0v) is 10.2. The smallest absolute Gasteiger partial charge is 0.224 e. The molecule has 0 aliphatic carbocycles. The number of thiol groups is 1. The Morgan fingerprint density at radius 2 is 2.00 bits per heavy atom. The van der Waals surface area contributed by atoms with Crippen LogP contribution in [0.3, 0.4) is 0 Å². The summed E-state index contributed by atoms with van der Waals surface area (Å²) in [5.41, 5.74) is 0.749. The molecule has 0 aromatic heterocycles. The van der Waals surface area contributed by atoms with Gasteiger partial charge in [-0.25, -0.2) is 0 Å². The molecule has 0 N–H and O–H groups in total. The third-order valence-electron chi connectivity index (χ3n) is 2.16. The predicted molar refractivity (Wildman–Crippen MR) is 69.2 cm³/mol. The van der Waals surface area contributed by atoms with Crippen LogP contribution in [0.2, 0.25) is 0 Å². The van der Waals surface area contributed by atoms with Crippen LogP contribution in [0.25, 0.3) is 10.8 Å². The molecule has 1 amide bonds. The zero-order valence-electron chi connectivity index (χ0n) is 7.72. The SMILES string of the molecule is O=CN(S)c1cc(Br)c2ccccc2c1. The molecule has 2 aromatic carbocycles. The van der Waals surface area contributed by atoms with E-state index in [1.54, 1.807) is 0 Å². The van der Waals surface area contributed by atoms with Crippen molar-refractivity contribution in [2.24, 2.45) is 0 Å². The molecule has 0 radical (unpaired) electrons. The topological polar surface area (TPSA) is 20.3 Å².